The normalized spacial score (nSPS) is 24.8. The molecular formula is C22H28N4O2. The lowest BCUT2D eigenvalue weighted by atomic mass is 9.79. The Kier molecular flexibility index (Phi) is 5.95. The number of hydrogen-bond donors (Lipinski definition) is 1. The molecule has 1 amide bonds. The smallest absolute Gasteiger partial charge is 0.249 e. The van der Waals surface area contributed by atoms with E-state index < -0.39 is 0 Å². The lowest BCUT2D eigenvalue weighted by Gasteiger charge is -2.29. The van der Waals surface area contributed by atoms with Gasteiger partial charge in [0.25, 0.3) is 0 Å². The quantitative estimate of drug-likeness (QED) is 0.860. The minimum absolute atomic E-state index is 0.0611. The number of carbonyl (C=O) groups is 1. The van der Waals surface area contributed by atoms with Gasteiger partial charge >= 0.3 is 0 Å². The van der Waals surface area contributed by atoms with Gasteiger partial charge in [-0.1, -0.05) is 0 Å². The first kappa shape index (κ1) is 19.0. The number of aryl methyl sites for hydroxylation is 1. The lowest BCUT2D eigenvalue weighted by molar-refractivity contribution is -0.130. The van der Waals surface area contributed by atoms with E-state index in [1.165, 1.54) is 0 Å². The van der Waals surface area contributed by atoms with Crippen molar-refractivity contribution in [3.63, 3.8) is 0 Å². The zero-order valence-corrected chi connectivity index (χ0v) is 16.4. The van der Waals surface area contributed by atoms with E-state index >= 15 is 0 Å². The molecule has 0 aromatic carbocycles. The van der Waals surface area contributed by atoms with Gasteiger partial charge in [0.1, 0.15) is 11.9 Å². The lowest BCUT2D eigenvalue weighted by Crippen LogP contribution is -2.37. The largest absolute Gasteiger partial charge is 0.368 e. The summed E-state index contributed by atoms with van der Waals surface area (Å²) >= 11 is 0. The molecule has 4 rings (SSSR count). The average Bonchev–Trinajstić information content (AvgIpc) is 3.28. The molecule has 1 saturated heterocycles. The highest BCUT2D eigenvalue weighted by Gasteiger charge is 2.28. The summed E-state index contributed by atoms with van der Waals surface area (Å²) in [6.45, 7) is 3.42. The molecule has 28 heavy (non-hydrogen) atoms. The first-order valence-corrected chi connectivity index (χ1v) is 10.3. The number of aromatic nitrogens is 3. The first-order chi connectivity index (χ1) is 13.7. The summed E-state index contributed by atoms with van der Waals surface area (Å²) < 4.78 is 5.47. The van der Waals surface area contributed by atoms with Crippen LogP contribution < -0.4 is 5.32 Å². The Morgan fingerprint density at radius 2 is 1.96 bits per heavy atom. The van der Waals surface area contributed by atoms with Crippen LogP contribution >= 0.6 is 0 Å². The van der Waals surface area contributed by atoms with E-state index in [4.69, 9.17) is 9.72 Å². The third-order valence-electron chi connectivity index (χ3n) is 5.95. The number of nitrogens with one attached hydrogen (secondary N) is 1. The van der Waals surface area contributed by atoms with Crippen LogP contribution in [-0.4, -0.2) is 40.1 Å². The van der Waals surface area contributed by atoms with Crippen LogP contribution in [0.2, 0.25) is 0 Å². The number of pyridine rings is 1. The zero-order valence-electron chi connectivity index (χ0n) is 16.4. The van der Waals surface area contributed by atoms with Crippen LogP contribution in [0.25, 0.3) is 11.1 Å². The summed E-state index contributed by atoms with van der Waals surface area (Å²) in [5.41, 5.74) is 3.39. The molecular weight excluding hydrogens is 352 g/mol. The summed E-state index contributed by atoms with van der Waals surface area (Å²) in [4.78, 5) is 25.5. The Morgan fingerprint density at radius 1 is 1.18 bits per heavy atom. The Labute approximate surface area is 166 Å². The fourth-order valence-electron chi connectivity index (χ4n) is 4.34. The van der Waals surface area contributed by atoms with Crippen LogP contribution in [0, 0.1) is 12.8 Å². The van der Waals surface area contributed by atoms with Gasteiger partial charge in [-0.2, -0.15) is 0 Å². The van der Waals surface area contributed by atoms with Gasteiger partial charge in [0.2, 0.25) is 5.91 Å². The van der Waals surface area contributed by atoms with Gasteiger partial charge in [0.15, 0.2) is 0 Å². The monoisotopic (exact) mass is 380 g/mol. The molecule has 1 atom stereocenters. The van der Waals surface area contributed by atoms with Crippen LogP contribution in [0.4, 0.5) is 0 Å². The van der Waals surface area contributed by atoms with Gasteiger partial charge in [0.05, 0.1) is 5.69 Å². The molecule has 1 aliphatic carbocycles. The second kappa shape index (κ2) is 8.78. The average molecular weight is 380 g/mol. The second-order valence-corrected chi connectivity index (χ2v) is 7.92. The van der Waals surface area contributed by atoms with Crippen LogP contribution in [0.5, 0.6) is 0 Å². The SMILES string of the molecule is Cc1ncc(-c2ccncc2)c(C2CCC(CNC(=O)C3CCCO3)CC2)n1. The van der Waals surface area contributed by atoms with Crippen LogP contribution in [0.3, 0.4) is 0 Å². The summed E-state index contributed by atoms with van der Waals surface area (Å²) in [6.07, 6.45) is 11.6. The Morgan fingerprint density at radius 3 is 2.68 bits per heavy atom. The van der Waals surface area contributed by atoms with E-state index in [0.29, 0.717) is 18.4 Å². The maximum absolute atomic E-state index is 12.2. The minimum Gasteiger partial charge on any atom is -0.368 e. The van der Waals surface area contributed by atoms with Crippen molar-refractivity contribution < 1.29 is 9.53 Å². The Hall–Kier alpha value is -2.34. The molecule has 2 fully saturated rings. The molecule has 2 aliphatic rings. The predicted molar refractivity (Wildman–Crippen MR) is 107 cm³/mol. The molecule has 6 nitrogen and oxygen atoms in total. The molecule has 0 radical (unpaired) electrons. The minimum atomic E-state index is -0.233. The van der Waals surface area contributed by atoms with Crippen molar-refractivity contribution in [2.75, 3.05) is 13.2 Å². The number of amides is 1. The van der Waals surface area contributed by atoms with Crippen molar-refractivity contribution in [1.82, 2.24) is 20.3 Å². The van der Waals surface area contributed by atoms with Crippen molar-refractivity contribution in [2.45, 2.75) is 57.5 Å². The van der Waals surface area contributed by atoms with Crippen LogP contribution in [0.1, 0.15) is 56.0 Å². The van der Waals surface area contributed by atoms with Crippen molar-refractivity contribution in [1.29, 1.82) is 0 Å². The summed E-state index contributed by atoms with van der Waals surface area (Å²) in [5.74, 6) is 1.86. The molecule has 148 valence electrons. The Balaban J connectivity index is 1.37. The molecule has 1 N–H and O–H groups in total. The first-order valence-electron chi connectivity index (χ1n) is 10.3. The maximum atomic E-state index is 12.2. The van der Waals surface area contributed by atoms with Crippen molar-refractivity contribution >= 4 is 5.91 Å². The molecule has 2 aromatic rings. The van der Waals surface area contributed by atoms with Crippen LogP contribution in [0.15, 0.2) is 30.7 Å². The fourth-order valence-corrected chi connectivity index (χ4v) is 4.34. The standard InChI is InChI=1S/C22H28N4O2/c1-15-24-14-19(17-8-10-23-11-9-17)21(26-15)18-6-4-16(5-7-18)13-25-22(27)20-3-2-12-28-20/h8-11,14,16,18,20H,2-7,12-13H2,1H3,(H,25,27). The molecule has 1 saturated carbocycles. The van der Waals surface area contributed by atoms with Crippen molar-refractivity contribution in [3.8, 4) is 11.1 Å². The molecule has 0 bridgehead atoms. The van der Waals surface area contributed by atoms with E-state index in [1.807, 2.05) is 37.6 Å². The topological polar surface area (TPSA) is 77.0 Å². The number of nitrogens with zero attached hydrogens (tertiary/aromatic N) is 3. The molecule has 1 unspecified atom stereocenters. The van der Waals surface area contributed by atoms with Gasteiger partial charge in [0, 0.05) is 43.2 Å². The van der Waals surface area contributed by atoms with Gasteiger partial charge < -0.3 is 10.1 Å². The van der Waals surface area contributed by atoms with Crippen molar-refractivity contribution in [2.24, 2.45) is 5.92 Å². The third-order valence-corrected chi connectivity index (χ3v) is 5.95. The van der Waals surface area contributed by atoms with E-state index in [9.17, 15) is 4.79 Å². The fraction of sp³-hybridized carbons (Fsp3) is 0.545. The summed E-state index contributed by atoms with van der Waals surface area (Å²) in [7, 11) is 0. The van der Waals surface area contributed by atoms with Gasteiger partial charge in [-0.05, 0) is 69.1 Å². The number of rotatable bonds is 5. The van der Waals surface area contributed by atoms with Crippen LogP contribution in [-0.2, 0) is 9.53 Å². The van der Waals surface area contributed by atoms with Gasteiger partial charge in [-0.25, -0.2) is 9.97 Å². The summed E-state index contributed by atoms with van der Waals surface area (Å²) in [5, 5.41) is 3.10. The van der Waals surface area contributed by atoms with Gasteiger partial charge in [-0.15, -0.1) is 0 Å². The zero-order chi connectivity index (χ0) is 19.3. The van der Waals surface area contributed by atoms with Gasteiger partial charge in [-0.3, -0.25) is 9.78 Å². The molecule has 6 heteroatoms. The maximum Gasteiger partial charge on any atom is 0.249 e. The highest BCUT2D eigenvalue weighted by molar-refractivity contribution is 5.80. The van der Waals surface area contributed by atoms with E-state index in [0.717, 1.165) is 67.7 Å². The second-order valence-electron chi connectivity index (χ2n) is 7.92. The van der Waals surface area contributed by atoms with E-state index in [2.05, 4.69) is 15.3 Å². The third kappa shape index (κ3) is 4.38. The molecule has 3 heterocycles. The number of hydrogen-bond acceptors (Lipinski definition) is 5. The number of carbonyl (C=O) groups excluding carboxylic acids is 1. The molecule has 2 aromatic heterocycles. The van der Waals surface area contributed by atoms with Crippen molar-refractivity contribution in [3.05, 3.63) is 42.2 Å². The predicted octanol–water partition coefficient (Wildman–Crippen LogP) is 3.42. The summed E-state index contributed by atoms with van der Waals surface area (Å²) in [6, 6.07) is 4.04. The van der Waals surface area contributed by atoms with E-state index in [1.54, 1.807) is 0 Å². The highest BCUT2D eigenvalue weighted by Crippen LogP contribution is 2.38. The highest BCUT2D eigenvalue weighted by atomic mass is 16.5. The van der Waals surface area contributed by atoms with E-state index in [-0.39, 0.29) is 12.0 Å². The Bertz CT molecular complexity index is 797. The molecule has 0 spiro atoms. The molecule has 1 aliphatic heterocycles. The number of ether oxygens (including phenoxy) is 1.